The maximum Gasteiger partial charge on any atom is 0.408 e. The van der Waals surface area contributed by atoms with Gasteiger partial charge in [-0.3, -0.25) is 4.79 Å². The van der Waals surface area contributed by atoms with E-state index in [2.05, 4.69) is 5.32 Å². The summed E-state index contributed by atoms with van der Waals surface area (Å²) in [5, 5.41) is 2.52. The lowest BCUT2D eigenvalue weighted by molar-refractivity contribution is -0.179. The van der Waals surface area contributed by atoms with Crippen LogP contribution in [0.2, 0.25) is 0 Å². The molecule has 1 saturated heterocycles. The summed E-state index contributed by atoms with van der Waals surface area (Å²) in [6.45, 7) is 10.2. The number of rotatable bonds is 5. The molecule has 4 unspecified atom stereocenters. The molecule has 1 aliphatic rings. The van der Waals surface area contributed by atoms with Gasteiger partial charge < -0.3 is 24.3 Å². The third kappa shape index (κ3) is 8.64. The fourth-order valence-corrected chi connectivity index (χ4v) is 3.24. The van der Waals surface area contributed by atoms with Crippen molar-refractivity contribution in [2.45, 2.75) is 84.3 Å². The number of carbonyl (C=O) groups is 3. The number of cyclic esters (lactones) is 1. The van der Waals surface area contributed by atoms with Crippen LogP contribution in [0.4, 0.5) is 9.18 Å². The third-order valence-electron chi connectivity index (χ3n) is 4.92. The second-order valence-electron chi connectivity index (χ2n) is 9.43. The molecule has 184 valence electrons. The summed E-state index contributed by atoms with van der Waals surface area (Å²) in [6.07, 6.45) is -2.71. The van der Waals surface area contributed by atoms with Gasteiger partial charge in [0.15, 0.2) is 6.10 Å². The van der Waals surface area contributed by atoms with E-state index in [9.17, 15) is 18.8 Å². The maximum absolute atomic E-state index is 13.3. The van der Waals surface area contributed by atoms with Gasteiger partial charge in [0.05, 0.1) is 5.92 Å². The predicted molar refractivity (Wildman–Crippen MR) is 118 cm³/mol. The maximum atomic E-state index is 13.3. The molecule has 0 bridgehead atoms. The second kappa shape index (κ2) is 11.4. The Morgan fingerprint density at radius 1 is 1.21 bits per heavy atom. The van der Waals surface area contributed by atoms with Crippen molar-refractivity contribution in [3.05, 3.63) is 35.6 Å². The number of ether oxygens (including phenoxy) is 4. The van der Waals surface area contributed by atoms with E-state index >= 15 is 0 Å². The van der Waals surface area contributed by atoms with Crippen LogP contribution in [0.3, 0.4) is 0 Å². The van der Waals surface area contributed by atoms with E-state index in [4.69, 9.17) is 18.9 Å². The predicted octanol–water partition coefficient (Wildman–Crippen LogP) is 3.55. The molecule has 9 heteroatoms. The Labute approximate surface area is 194 Å². The molecule has 4 atom stereocenters. The fourth-order valence-electron chi connectivity index (χ4n) is 3.24. The molecule has 1 heterocycles. The lowest BCUT2D eigenvalue weighted by atomic mass is 10.00. The first-order valence-electron chi connectivity index (χ1n) is 11.1. The molecule has 0 spiro atoms. The lowest BCUT2D eigenvalue weighted by Gasteiger charge is -2.31. The van der Waals surface area contributed by atoms with Crippen LogP contribution in [-0.4, -0.2) is 54.6 Å². The smallest absolute Gasteiger partial charge is 0.408 e. The highest BCUT2D eigenvalue weighted by Crippen LogP contribution is 2.22. The van der Waals surface area contributed by atoms with E-state index in [0.717, 1.165) is 5.56 Å². The number of benzene rings is 1. The zero-order valence-corrected chi connectivity index (χ0v) is 20.1. The molecule has 2 rings (SSSR count). The molecule has 0 aliphatic carbocycles. The van der Waals surface area contributed by atoms with Gasteiger partial charge in [0.1, 0.15) is 29.7 Å². The summed E-state index contributed by atoms with van der Waals surface area (Å²) < 4.78 is 35.8. The number of alkyl carbamates (subject to hydrolysis) is 1. The Hall–Kier alpha value is -2.68. The third-order valence-corrected chi connectivity index (χ3v) is 4.92. The Morgan fingerprint density at radius 3 is 2.42 bits per heavy atom. The van der Waals surface area contributed by atoms with Crippen molar-refractivity contribution in [3.8, 4) is 0 Å². The number of hydrogen-bond donors (Lipinski definition) is 1. The molecule has 1 aliphatic heterocycles. The molecule has 1 aromatic carbocycles. The summed E-state index contributed by atoms with van der Waals surface area (Å²) in [6, 6.07) is 4.92. The second-order valence-corrected chi connectivity index (χ2v) is 9.43. The first kappa shape index (κ1) is 26.6. The van der Waals surface area contributed by atoms with Gasteiger partial charge in [0, 0.05) is 19.4 Å². The van der Waals surface area contributed by atoms with E-state index in [1.807, 2.05) is 0 Å². The zero-order valence-electron chi connectivity index (χ0n) is 20.1. The quantitative estimate of drug-likeness (QED) is 0.522. The summed E-state index contributed by atoms with van der Waals surface area (Å²) in [5.41, 5.74) is 0.0420. The minimum Gasteiger partial charge on any atom is -0.457 e. The van der Waals surface area contributed by atoms with Crippen LogP contribution in [0.25, 0.3) is 0 Å². The van der Waals surface area contributed by atoms with Crippen LogP contribution in [0.15, 0.2) is 24.3 Å². The van der Waals surface area contributed by atoms with Crippen LogP contribution in [0, 0.1) is 11.7 Å². The molecule has 1 amide bonds. The normalized spacial score (nSPS) is 24.2. The van der Waals surface area contributed by atoms with Crippen LogP contribution in [0.1, 0.15) is 53.5 Å². The Bertz CT molecular complexity index is 819. The van der Waals surface area contributed by atoms with Crippen LogP contribution >= 0.6 is 0 Å². The largest absolute Gasteiger partial charge is 0.457 e. The molecule has 1 aromatic rings. The number of esters is 2. The number of nitrogens with one attached hydrogen (secondary N) is 1. The minimum atomic E-state index is -0.992. The van der Waals surface area contributed by atoms with Crippen molar-refractivity contribution in [2.24, 2.45) is 5.92 Å². The van der Waals surface area contributed by atoms with Crippen LogP contribution < -0.4 is 5.32 Å². The summed E-state index contributed by atoms with van der Waals surface area (Å²) >= 11 is 0. The van der Waals surface area contributed by atoms with Gasteiger partial charge in [-0.25, -0.2) is 14.0 Å². The standard InChI is InChI=1S/C24H34FNO7/c1-14(2)21(27)32-20-15(3)31-22(28)18(26-23(29)33-24(4,5)6)11-12-30-19(20)13-16-7-9-17(25)10-8-16/h7-10,14-15,18-20H,11-13H2,1-6H3,(H,26,29). The Morgan fingerprint density at radius 2 is 1.85 bits per heavy atom. The monoisotopic (exact) mass is 467 g/mol. The number of hydrogen-bond acceptors (Lipinski definition) is 7. The topological polar surface area (TPSA) is 100 Å². The van der Waals surface area contributed by atoms with Gasteiger partial charge in [0.25, 0.3) is 0 Å². The van der Waals surface area contributed by atoms with Gasteiger partial charge in [-0.05, 0) is 45.4 Å². The first-order chi connectivity index (χ1) is 15.4. The Balaban J connectivity index is 2.23. The molecule has 0 aromatic heterocycles. The number of halogens is 1. The molecular formula is C24H34FNO7. The highest BCUT2D eigenvalue weighted by atomic mass is 19.1. The van der Waals surface area contributed by atoms with Crippen LogP contribution in [-0.2, 0) is 35.0 Å². The van der Waals surface area contributed by atoms with E-state index in [1.165, 1.54) is 12.1 Å². The minimum absolute atomic E-state index is 0.0872. The van der Waals surface area contributed by atoms with Crippen molar-refractivity contribution >= 4 is 18.0 Å². The average molecular weight is 468 g/mol. The Kier molecular flexibility index (Phi) is 9.22. The van der Waals surface area contributed by atoms with Crippen molar-refractivity contribution in [1.29, 1.82) is 0 Å². The van der Waals surface area contributed by atoms with Crippen molar-refractivity contribution < 1.29 is 37.7 Å². The van der Waals surface area contributed by atoms with Gasteiger partial charge in [-0.2, -0.15) is 0 Å². The van der Waals surface area contributed by atoms with E-state index in [0.29, 0.717) is 6.42 Å². The zero-order chi connectivity index (χ0) is 24.8. The molecule has 1 fully saturated rings. The summed E-state index contributed by atoms with van der Waals surface area (Å²) in [5.74, 6) is -1.90. The highest BCUT2D eigenvalue weighted by molar-refractivity contribution is 5.81. The first-order valence-corrected chi connectivity index (χ1v) is 11.1. The van der Waals surface area contributed by atoms with Gasteiger partial charge in [0.2, 0.25) is 0 Å². The van der Waals surface area contributed by atoms with Crippen molar-refractivity contribution in [1.82, 2.24) is 5.32 Å². The van der Waals surface area contributed by atoms with E-state index in [1.54, 1.807) is 53.7 Å². The van der Waals surface area contributed by atoms with Gasteiger partial charge in [-0.15, -0.1) is 0 Å². The molecular weight excluding hydrogens is 433 g/mol. The van der Waals surface area contributed by atoms with E-state index in [-0.39, 0.29) is 18.8 Å². The molecule has 1 N–H and O–H groups in total. The van der Waals surface area contributed by atoms with E-state index < -0.39 is 53.9 Å². The molecule has 0 saturated carbocycles. The van der Waals surface area contributed by atoms with Crippen molar-refractivity contribution in [2.75, 3.05) is 6.61 Å². The molecule has 33 heavy (non-hydrogen) atoms. The lowest BCUT2D eigenvalue weighted by Crippen LogP contribution is -2.47. The fraction of sp³-hybridized carbons (Fsp3) is 0.625. The average Bonchev–Trinajstić information content (AvgIpc) is 2.74. The number of amides is 1. The van der Waals surface area contributed by atoms with Gasteiger partial charge >= 0.3 is 18.0 Å². The summed E-state index contributed by atoms with van der Waals surface area (Å²) in [7, 11) is 0. The molecule has 0 radical (unpaired) electrons. The van der Waals surface area contributed by atoms with Crippen molar-refractivity contribution in [3.63, 3.8) is 0 Å². The van der Waals surface area contributed by atoms with Crippen LogP contribution in [0.5, 0.6) is 0 Å². The summed E-state index contributed by atoms with van der Waals surface area (Å²) in [4.78, 5) is 37.3. The van der Waals surface area contributed by atoms with Gasteiger partial charge in [-0.1, -0.05) is 26.0 Å². The highest BCUT2D eigenvalue weighted by Gasteiger charge is 2.38. The molecule has 8 nitrogen and oxygen atoms in total. The SMILES string of the molecule is CC(C)C(=O)OC1C(C)OC(=O)C(NC(=O)OC(C)(C)C)CCOC1Cc1ccc(F)cc1. The number of carbonyl (C=O) groups excluding carboxylic acids is 3.